The fraction of sp³-hybridized carbons (Fsp3) is 0.571. The maximum atomic E-state index is 9.08. The third-order valence-electron chi connectivity index (χ3n) is 2.77. The average Bonchev–Trinajstić information content (AvgIpc) is 3.34. The lowest BCUT2D eigenvalue weighted by Gasteiger charge is -2.05. The molecule has 1 aromatic carbocycles. The van der Waals surface area contributed by atoms with Gasteiger partial charge in [-0.05, 0) is 5.56 Å². The molecule has 0 radical (unpaired) electrons. The molecule has 106 valence electrons. The van der Waals surface area contributed by atoms with Crippen LogP contribution in [0.1, 0.15) is 11.7 Å². The summed E-state index contributed by atoms with van der Waals surface area (Å²) in [5.41, 5.74) is 0.755. The molecule has 5 heteroatoms. The first-order valence-corrected chi connectivity index (χ1v) is 6.44. The predicted molar refractivity (Wildman–Crippen MR) is 68.8 cm³/mol. The van der Waals surface area contributed by atoms with Crippen molar-refractivity contribution in [1.29, 1.82) is 0 Å². The van der Waals surface area contributed by atoms with Crippen LogP contribution in [0.3, 0.4) is 0 Å². The molecule has 1 aromatic rings. The Hall–Kier alpha value is -0.980. The predicted octanol–water partition coefficient (Wildman–Crippen LogP) is 0.513. The Bertz CT molecular complexity index is 336. The van der Waals surface area contributed by atoms with Gasteiger partial charge in [-0.25, -0.2) is 0 Å². The molecule has 2 saturated heterocycles. The topological polar surface area (TPSA) is 74.8 Å². The number of hydrogen-bond donors (Lipinski definition) is 2. The highest BCUT2D eigenvalue weighted by Crippen LogP contribution is 2.12. The van der Waals surface area contributed by atoms with Crippen LogP contribution in [0, 0.1) is 0 Å². The van der Waals surface area contributed by atoms with E-state index in [0.717, 1.165) is 32.0 Å². The van der Waals surface area contributed by atoms with E-state index in [9.17, 15) is 0 Å². The van der Waals surface area contributed by atoms with Gasteiger partial charge < -0.3 is 24.4 Å². The minimum Gasteiger partial charge on any atom is -0.393 e. The maximum Gasteiger partial charge on any atom is 0.104 e. The number of aliphatic hydroxyl groups excluding tert-OH is 2. The van der Waals surface area contributed by atoms with Crippen molar-refractivity contribution in [3.8, 4) is 0 Å². The van der Waals surface area contributed by atoms with Gasteiger partial charge >= 0.3 is 0 Å². The second-order valence-corrected chi connectivity index (χ2v) is 4.56. The normalized spacial score (nSPS) is 25.2. The average molecular weight is 268 g/mol. The molecule has 2 aliphatic heterocycles. The van der Waals surface area contributed by atoms with E-state index in [-0.39, 0.29) is 6.61 Å². The van der Waals surface area contributed by atoms with Gasteiger partial charge in [-0.3, -0.25) is 0 Å². The zero-order valence-corrected chi connectivity index (χ0v) is 10.8. The summed E-state index contributed by atoms with van der Waals surface area (Å²) in [6, 6.07) is 9.08. The molecule has 5 nitrogen and oxygen atoms in total. The van der Waals surface area contributed by atoms with Gasteiger partial charge in [0.2, 0.25) is 0 Å². The van der Waals surface area contributed by atoms with Crippen LogP contribution < -0.4 is 0 Å². The number of epoxide rings is 2. The lowest BCUT2D eigenvalue weighted by molar-refractivity contribution is 0.0956. The first kappa shape index (κ1) is 14.4. The van der Waals surface area contributed by atoms with Crippen molar-refractivity contribution in [2.75, 3.05) is 33.0 Å². The molecule has 0 aromatic heterocycles. The molecule has 0 aliphatic carbocycles. The minimum absolute atomic E-state index is 0.218. The Labute approximate surface area is 112 Å². The summed E-state index contributed by atoms with van der Waals surface area (Å²) in [7, 11) is 0. The van der Waals surface area contributed by atoms with Gasteiger partial charge in [0.15, 0.2) is 0 Å². The quantitative estimate of drug-likeness (QED) is 0.735. The molecule has 2 heterocycles. The van der Waals surface area contributed by atoms with Crippen LogP contribution in [0.15, 0.2) is 30.3 Å². The van der Waals surface area contributed by atoms with Gasteiger partial charge in [-0.15, -0.1) is 0 Å². The first-order chi connectivity index (χ1) is 9.29. The van der Waals surface area contributed by atoms with Crippen LogP contribution in [0.2, 0.25) is 0 Å². The van der Waals surface area contributed by atoms with Gasteiger partial charge in [0.05, 0.1) is 33.0 Å². The second-order valence-electron chi connectivity index (χ2n) is 4.56. The molecule has 0 spiro atoms. The third-order valence-corrected chi connectivity index (χ3v) is 2.77. The van der Waals surface area contributed by atoms with Crippen molar-refractivity contribution >= 4 is 0 Å². The zero-order valence-electron chi connectivity index (χ0n) is 10.8. The summed E-state index contributed by atoms with van der Waals surface area (Å²) in [4.78, 5) is 0. The highest BCUT2D eigenvalue weighted by atomic mass is 16.6. The fourth-order valence-electron chi connectivity index (χ4n) is 1.44. The number of hydrogen-bond acceptors (Lipinski definition) is 5. The van der Waals surface area contributed by atoms with Crippen LogP contribution in [0.4, 0.5) is 0 Å². The summed E-state index contributed by atoms with van der Waals surface area (Å²) in [5, 5.41) is 17.6. The van der Waals surface area contributed by atoms with Gasteiger partial charge in [-0.2, -0.15) is 0 Å². The molecule has 0 bridgehead atoms. The molecule has 3 unspecified atom stereocenters. The van der Waals surface area contributed by atoms with Crippen molar-refractivity contribution in [3.05, 3.63) is 35.9 Å². The van der Waals surface area contributed by atoms with Crippen molar-refractivity contribution in [3.63, 3.8) is 0 Å². The molecule has 2 N–H and O–H groups in total. The summed E-state index contributed by atoms with van der Waals surface area (Å²) in [6.07, 6.45) is 0.0497. The van der Waals surface area contributed by atoms with Crippen LogP contribution in [-0.4, -0.2) is 55.5 Å². The van der Waals surface area contributed by atoms with Crippen LogP contribution in [0.5, 0.6) is 0 Å². The van der Waals surface area contributed by atoms with Crippen LogP contribution in [0.25, 0.3) is 0 Å². The maximum absolute atomic E-state index is 9.08. The first-order valence-electron chi connectivity index (χ1n) is 6.44. The fourth-order valence-corrected chi connectivity index (χ4v) is 1.44. The molecular formula is C14H20O5. The number of benzene rings is 1. The van der Waals surface area contributed by atoms with E-state index in [4.69, 9.17) is 24.4 Å². The number of ether oxygens (including phenoxy) is 3. The Morgan fingerprint density at radius 1 is 1.11 bits per heavy atom. The van der Waals surface area contributed by atoms with Crippen molar-refractivity contribution in [2.45, 2.75) is 18.3 Å². The molecule has 2 fully saturated rings. The smallest absolute Gasteiger partial charge is 0.104 e. The summed E-state index contributed by atoms with van der Waals surface area (Å²) in [6.45, 7) is 3.04. The molecule has 0 amide bonds. The Kier molecular flexibility index (Phi) is 5.75. The van der Waals surface area contributed by atoms with E-state index in [1.165, 1.54) is 0 Å². The van der Waals surface area contributed by atoms with E-state index >= 15 is 0 Å². The second kappa shape index (κ2) is 7.57. The summed E-state index contributed by atoms with van der Waals surface area (Å²) < 4.78 is 15.1. The molecule has 0 saturated carbocycles. The Balaban J connectivity index is 0.000000141. The van der Waals surface area contributed by atoms with Crippen molar-refractivity contribution < 1.29 is 24.4 Å². The lowest BCUT2D eigenvalue weighted by atomic mass is 10.1. The molecule has 3 rings (SSSR count). The van der Waals surface area contributed by atoms with E-state index in [0.29, 0.717) is 12.2 Å². The Morgan fingerprint density at radius 3 is 2.05 bits per heavy atom. The van der Waals surface area contributed by atoms with Gasteiger partial charge in [-0.1, -0.05) is 30.3 Å². The third kappa shape index (κ3) is 6.13. The van der Waals surface area contributed by atoms with Gasteiger partial charge in [0.1, 0.15) is 18.3 Å². The standard InChI is InChI=1S/C8H10O2.C6H10O3/c9-6-8(10)7-4-2-1-3-5-7;1(5-3-8-5)7-2-6-4-9-6/h1-5,8-10H,6H2;5-6H,1-4H2. The van der Waals surface area contributed by atoms with Crippen LogP contribution >= 0.6 is 0 Å². The highest BCUT2D eigenvalue weighted by molar-refractivity contribution is 5.16. The highest BCUT2D eigenvalue weighted by Gasteiger charge is 2.26. The van der Waals surface area contributed by atoms with E-state index in [2.05, 4.69) is 0 Å². The number of rotatable bonds is 6. The van der Waals surface area contributed by atoms with Crippen LogP contribution in [-0.2, 0) is 14.2 Å². The molecule has 19 heavy (non-hydrogen) atoms. The number of aliphatic hydroxyl groups is 2. The van der Waals surface area contributed by atoms with Crippen molar-refractivity contribution in [2.24, 2.45) is 0 Å². The summed E-state index contributed by atoms with van der Waals surface area (Å²) in [5.74, 6) is 0. The van der Waals surface area contributed by atoms with E-state index in [1.807, 2.05) is 18.2 Å². The lowest BCUT2D eigenvalue weighted by Crippen LogP contribution is -2.06. The van der Waals surface area contributed by atoms with Gasteiger partial charge in [0.25, 0.3) is 0 Å². The Morgan fingerprint density at radius 2 is 1.63 bits per heavy atom. The van der Waals surface area contributed by atoms with Crippen molar-refractivity contribution in [1.82, 2.24) is 0 Å². The minimum atomic E-state index is -0.735. The van der Waals surface area contributed by atoms with E-state index in [1.54, 1.807) is 12.1 Å². The van der Waals surface area contributed by atoms with Gasteiger partial charge in [0, 0.05) is 0 Å². The monoisotopic (exact) mass is 268 g/mol. The van der Waals surface area contributed by atoms with E-state index < -0.39 is 6.10 Å². The zero-order chi connectivity index (χ0) is 13.5. The SMILES string of the molecule is C(OCC1CO1)C1CO1.OCC(O)c1ccccc1. The molecule has 3 atom stereocenters. The molecule has 2 aliphatic rings. The summed E-state index contributed by atoms with van der Waals surface area (Å²) >= 11 is 0. The largest absolute Gasteiger partial charge is 0.393 e. The molecular weight excluding hydrogens is 248 g/mol.